The quantitative estimate of drug-likeness (QED) is 0.850. The standard InChI is InChI=1S/C15H15ClN2O2S/c1-10(17)15(19)18-12-5-3-7-14(9-12)21(20)13-6-2-4-11(16)8-13/h2-10H,17H2,1H3,(H,18,19). The summed E-state index contributed by atoms with van der Waals surface area (Å²) in [6.07, 6.45) is 0. The van der Waals surface area contributed by atoms with E-state index in [-0.39, 0.29) is 5.91 Å². The van der Waals surface area contributed by atoms with Gasteiger partial charge in [0.2, 0.25) is 5.91 Å². The molecule has 1 amide bonds. The molecule has 3 N–H and O–H groups in total. The number of anilines is 1. The first kappa shape index (κ1) is 15.9. The lowest BCUT2D eigenvalue weighted by Gasteiger charge is -2.12. The van der Waals surface area contributed by atoms with E-state index in [2.05, 4.69) is 5.32 Å². The summed E-state index contributed by atoms with van der Waals surface area (Å²) in [5.74, 6) is -0.291. The molecule has 2 unspecified atom stereocenters. The van der Waals surface area contributed by atoms with E-state index in [4.69, 9.17) is 17.3 Å². The molecule has 0 aromatic heterocycles. The van der Waals surface area contributed by atoms with Crippen LogP contribution in [0.4, 0.5) is 5.69 Å². The number of hydrogen-bond acceptors (Lipinski definition) is 3. The fourth-order valence-electron chi connectivity index (χ4n) is 1.66. The molecule has 2 aromatic rings. The number of rotatable bonds is 4. The Hall–Kier alpha value is -1.53. The first-order valence-electron chi connectivity index (χ1n) is 6.31. The van der Waals surface area contributed by atoms with Crippen LogP contribution in [-0.2, 0) is 16.0 Å². The third-order valence-electron chi connectivity index (χ3n) is 2.74. The van der Waals surface area contributed by atoms with Crippen molar-refractivity contribution in [3.63, 3.8) is 0 Å². The summed E-state index contributed by atoms with van der Waals surface area (Å²) < 4.78 is 12.5. The summed E-state index contributed by atoms with van der Waals surface area (Å²) in [5.41, 5.74) is 6.06. The SMILES string of the molecule is CC(N)C(=O)Nc1cccc([S+]([O-])c2cccc(Cl)c2)c1. The van der Waals surface area contributed by atoms with Crippen molar-refractivity contribution in [2.75, 3.05) is 5.32 Å². The van der Waals surface area contributed by atoms with Crippen LogP contribution in [0.2, 0.25) is 5.02 Å². The topological polar surface area (TPSA) is 78.2 Å². The van der Waals surface area contributed by atoms with Crippen LogP contribution >= 0.6 is 11.6 Å². The van der Waals surface area contributed by atoms with E-state index in [0.717, 1.165) is 0 Å². The lowest BCUT2D eigenvalue weighted by Crippen LogP contribution is -2.32. The van der Waals surface area contributed by atoms with Crippen molar-refractivity contribution in [1.82, 2.24) is 0 Å². The lowest BCUT2D eigenvalue weighted by atomic mass is 10.3. The fraction of sp³-hybridized carbons (Fsp3) is 0.133. The molecular weight excluding hydrogens is 308 g/mol. The van der Waals surface area contributed by atoms with Crippen LogP contribution in [0.15, 0.2) is 58.3 Å². The van der Waals surface area contributed by atoms with E-state index in [1.165, 1.54) is 0 Å². The monoisotopic (exact) mass is 322 g/mol. The maximum Gasteiger partial charge on any atom is 0.241 e. The van der Waals surface area contributed by atoms with E-state index in [0.29, 0.717) is 20.5 Å². The first-order valence-corrected chi connectivity index (χ1v) is 7.84. The van der Waals surface area contributed by atoms with Gasteiger partial charge in [0.05, 0.1) is 6.04 Å². The zero-order valence-electron chi connectivity index (χ0n) is 11.4. The summed E-state index contributed by atoms with van der Waals surface area (Å²) in [6.45, 7) is 1.60. The molecule has 2 atom stereocenters. The molecule has 0 spiro atoms. The highest BCUT2D eigenvalue weighted by Crippen LogP contribution is 2.25. The highest BCUT2D eigenvalue weighted by atomic mass is 35.5. The molecule has 4 nitrogen and oxygen atoms in total. The van der Waals surface area contributed by atoms with Crippen LogP contribution in [0.5, 0.6) is 0 Å². The van der Waals surface area contributed by atoms with Crippen LogP contribution in [0.1, 0.15) is 6.92 Å². The Morgan fingerprint density at radius 1 is 1.24 bits per heavy atom. The largest absolute Gasteiger partial charge is 0.606 e. The second-order valence-electron chi connectivity index (χ2n) is 4.53. The van der Waals surface area contributed by atoms with Crippen LogP contribution in [0.3, 0.4) is 0 Å². The Kier molecular flexibility index (Phi) is 5.25. The molecule has 6 heteroatoms. The van der Waals surface area contributed by atoms with Gasteiger partial charge in [-0.2, -0.15) is 0 Å². The highest BCUT2D eigenvalue weighted by molar-refractivity contribution is 7.91. The number of benzene rings is 2. The van der Waals surface area contributed by atoms with Gasteiger partial charge in [0.25, 0.3) is 0 Å². The molecule has 0 saturated carbocycles. The van der Waals surface area contributed by atoms with Crippen molar-refractivity contribution in [3.8, 4) is 0 Å². The molecule has 0 heterocycles. The molecule has 0 bridgehead atoms. The van der Waals surface area contributed by atoms with E-state index in [1.807, 2.05) is 0 Å². The van der Waals surface area contributed by atoms with E-state index >= 15 is 0 Å². The minimum absolute atomic E-state index is 0.291. The second kappa shape index (κ2) is 6.95. The summed E-state index contributed by atoms with van der Waals surface area (Å²) in [5, 5.41) is 3.20. The van der Waals surface area contributed by atoms with Gasteiger partial charge in [-0.15, -0.1) is 0 Å². The maximum atomic E-state index is 12.5. The van der Waals surface area contributed by atoms with Gasteiger partial charge < -0.3 is 15.6 Å². The molecule has 0 fully saturated rings. The average Bonchev–Trinajstić information content (AvgIpc) is 2.46. The molecule has 0 saturated heterocycles. The molecular formula is C15H15ClN2O2S. The van der Waals surface area contributed by atoms with Gasteiger partial charge in [-0.05, 0) is 31.2 Å². The minimum atomic E-state index is -1.36. The van der Waals surface area contributed by atoms with Gasteiger partial charge in [0.1, 0.15) is 0 Å². The van der Waals surface area contributed by atoms with Crippen molar-refractivity contribution in [3.05, 3.63) is 53.6 Å². The van der Waals surface area contributed by atoms with Crippen LogP contribution < -0.4 is 11.1 Å². The molecule has 0 aliphatic rings. The third kappa shape index (κ3) is 4.22. The van der Waals surface area contributed by atoms with Crippen LogP contribution in [0, 0.1) is 0 Å². The summed E-state index contributed by atoms with van der Waals surface area (Å²) in [7, 11) is 0. The van der Waals surface area contributed by atoms with Gasteiger partial charge in [-0.3, -0.25) is 4.79 Å². The predicted octanol–water partition coefficient (Wildman–Crippen LogP) is 2.79. The van der Waals surface area contributed by atoms with Gasteiger partial charge >= 0.3 is 0 Å². The number of carbonyl (C=O) groups is 1. The molecule has 2 aromatic carbocycles. The molecule has 0 aliphatic carbocycles. The molecule has 2 rings (SSSR count). The zero-order valence-corrected chi connectivity index (χ0v) is 12.9. The van der Waals surface area contributed by atoms with E-state index in [9.17, 15) is 9.35 Å². The molecule has 0 radical (unpaired) electrons. The van der Waals surface area contributed by atoms with Crippen molar-refractivity contribution in [1.29, 1.82) is 0 Å². The molecule has 21 heavy (non-hydrogen) atoms. The number of halogens is 1. The summed E-state index contributed by atoms with van der Waals surface area (Å²) >= 11 is 4.55. The smallest absolute Gasteiger partial charge is 0.241 e. The predicted molar refractivity (Wildman–Crippen MR) is 84.8 cm³/mol. The molecule has 0 aliphatic heterocycles. The van der Waals surface area contributed by atoms with Crippen molar-refractivity contribution >= 4 is 34.4 Å². The fourth-order valence-corrected chi connectivity index (χ4v) is 3.06. The number of amides is 1. The highest BCUT2D eigenvalue weighted by Gasteiger charge is 2.16. The minimum Gasteiger partial charge on any atom is -0.606 e. The average molecular weight is 323 g/mol. The third-order valence-corrected chi connectivity index (χ3v) is 4.34. The summed E-state index contributed by atoms with van der Waals surface area (Å²) in [6, 6.07) is 13.1. The first-order chi connectivity index (χ1) is 9.97. The van der Waals surface area contributed by atoms with Crippen LogP contribution in [0.25, 0.3) is 0 Å². The van der Waals surface area contributed by atoms with Gasteiger partial charge in [0.15, 0.2) is 9.79 Å². The Bertz CT molecular complexity index is 649. The Balaban J connectivity index is 2.22. The number of carbonyl (C=O) groups excluding carboxylic acids is 1. The van der Waals surface area contributed by atoms with Crippen molar-refractivity contribution in [2.24, 2.45) is 5.73 Å². The number of hydrogen-bond donors (Lipinski definition) is 2. The maximum absolute atomic E-state index is 12.5. The van der Waals surface area contributed by atoms with Gasteiger partial charge in [-0.1, -0.05) is 23.7 Å². The van der Waals surface area contributed by atoms with Gasteiger partial charge in [-0.25, -0.2) is 0 Å². The van der Waals surface area contributed by atoms with Gasteiger partial charge in [0, 0.05) is 34.0 Å². The Morgan fingerprint density at radius 2 is 1.86 bits per heavy atom. The Morgan fingerprint density at radius 3 is 2.48 bits per heavy atom. The normalized spacial score (nSPS) is 13.5. The van der Waals surface area contributed by atoms with E-state index in [1.54, 1.807) is 55.5 Å². The summed E-state index contributed by atoms with van der Waals surface area (Å²) in [4.78, 5) is 12.8. The second-order valence-corrected chi connectivity index (χ2v) is 6.45. The zero-order chi connectivity index (χ0) is 15.4. The van der Waals surface area contributed by atoms with Crippen molar-refractivity contribution < 1.29 is 9.35 Å². The van der Waals surface area contributed by atoms with Crippen molar-refractivity contribution in [2.45, 2.75) is 22.8 Å². The van der Waals surface area contributed by atoms with E-state index < -0.39 is 17.2 Å². The number of nitrogens with one attached hydrogen (secondary N) is 1. The number of nitrogens with two attached hydrogens (primary N) is 1. The van der Waals surface area contributed by atoms with Crippen LogP contribution in [-0.4, -0.2) is 16.5 Å². The lowest BCUT2D eigenvalue weighted by molar-refractivity contribution is -0.117. The Labute approximate surface area is 131 Å². The molecule has 110 valence electrons.